The molecule has 1 aromatic heterocycles. The van der Waals surface area contributed by atoms with Crippen molar-refractivity contribution in [1.82, 2.24) is 9.80 Å². The number of rotatable bonds is 8. The molecular weight excluding hydrogens is 226 g/mol. The van der Waals surface area contributed by atoms with Gasteiger partial charge in [-0.2, -0.15) is 0 Å². The van der Waals surface area contributed by atoms with Gasteiger partial charge in [0.05, 0.1) is 6.04 Å². The Balaban J connectivity index is 2.60. The van der Waals surface area contributed by atoms with Crippen LogP contribution in [0.25, 0.3) is 0 Å². The third-order valence-electron chi connectivity index (χ3n) is 3.21. The summed E-state index contributed by atoms with van der Waals surface area (Å²) in [6.07, 6.45) is 1.15. The molecule has 1 heterocycles. The minimum atomic E-state index is 0.200. The Morgan fingerprint density at radius 3 is 2.44 bits per heavy atom. The van der Waals surface area contributed by atoms with E-state index in [9.17, 15) is 0 Å². The zero-order chi connectivity index (χ0) is 13.5. The maximum absolute atomic E-state index is 5.91. The molecule has 0 aromatic carbocycles. The van der Waals surface area contributed by atoms with Crippen LogP contribution in [-0.4, -0.2) is 50.1 Å². The van der Waals surface area contributed by atoms with E-state index >= 15 is 0 Å². The quantitative estimate of drug-likeness (QED) is 0.768. The van der Waals surface area contributed by atoms with Gasteiger partial charge in [-0.1, -0.05) is 6.92 Å². The first-order chi connectivity index (χ1) is 8.58. The molecule has 0 radical (unpaired) electrons. The number of likely N-dealkylation sites (N-methyl/N-ethyl adjacent to an activating group) is 1. The average molecular weight is 253 g/mol. The highest BCUT2D eigenvalue weighted by atomic mass is 16.3. The molecule has 4 heteroatoms. The fourth-order valence-electron chi connectivity index (χ4n) is 2.20. The van der Waals surface area contributed by atoms with E-state index in [1.165, 1.54) is 0 Å². The van der Waals surface area contributed by atoms with Crippen molar-refractivity contribution in [3.8, 4) is 0 Å². The van der Waals surface area contributed by atoms with Crippen LogP contribution in [0.2, 0.25) is 0 Å². The van der Waals surface area contributed by atoms with E-state index in [4.69, 9.17) is 10.2 Å². The van der Waals surface area contributed by atoms with Crippen molar-refractivity contribution in [3.63, 3.8) is 0 Å². The van der Waals surface area contributed by atoms with Crippen molar-refractivity contribution in [2.45, 2.75) is 26.3 Å². The molecule has 0 fully saturated rings. The second-order valence-electron chi connectivity index (χ2n) is 4.99. The van der Waals surface area contributed by atoms with Gasteiger partial charge < -0.3 is 15.1 Å². The van der Waals surface area contributed by atoms with Gasteiger partial charge in [-0.25, -0.2) is 0 Å². The van der Waals surface area contributed by atoms with Gasteiger partial charge >= 0.3 is 0 Å². The van der Waals surface area contributed by atoms with Crippen LogP contribution in [0.15, 0.2) is 16.5 Å². The Labute approximate surface area is 111 Å². The van der Waals surface area contributed by atoms with E-state index in [1.54, 1.807) is 0 Å². The summed E-state index contributed by atoms with van der Waals surface area (Å²) >= 11 is 0. The Morgan fingerprint density at radius 2 is 2.00 bits per heavy atom. The van der Waals surface area contributed by atoms with E-state index in [0.29, 0.717) is 6.54 Å². The van der Waals surface area contributed by atoms with Crippen molar-refractivity contribution in [2.24, 2.45) is 5.73 Å². The van der Waals surface area contributed by atoms with Crippen LogP contribution in [0, 0.1) is 6.92 Å². The van der Waals surface area contributed by atoms with Gasteiger partial charge in [-0.15, -0.1) is 0 Å². The number of aryl methyl sites for hydroxylation is 1. The molecule has 0 saturated carbocycles. The van der Waals surface area contributed by atoms with Crippen LogP contribution in [0.1, 0.15) is 30.9 Å². The average Bonchev–Trinajstić information content (AvgIpc) is 2.74. The van der Waals surface area contributed by atoms with Gasteiger partial charge in [0.25, 0.3) is 0 Å². The van der Waals surface area contributed by atoms with E-state index in [-0.39, 0.29) is 6.04 Å². The fraction of sp³-hybridized carbons (Fsp3) is 0.714. The summed E-state index contributed by atoms with van der Waals surface area (Å²) in [7, 11) is 4.21. The summed E-state index contributed by atoms with van der Waals surface area (Å²) in [6.45, 7) is 7.90. The number of nitrogens with zero attached hydrogens (tertiary/aromatic N) is 2. The molecule has 2 N–H and O–H groups in total. The Bertz CT molecular complexity index is 336. The van der Waals surface area contributed by atoms with Crippen molar-refractivity contribution < 1.29 is 4.42 Å². The Morgan fingerprint density at radius 1 is 1.28 bits per heavy atom. The molecule has 1 atom stereocenters. The molecule has 0 bridgehead atoms. The van der Waals surface area contributed by atoms with Gasteiger partial charge in [0.15, 0.2) is 0 Å². The van der Waals surface area contributed by atoms with Crippen LogP contribution in [-0.2, 0) is 0 Å². The minimum absolute atomic E-state index is 0.200. The summed E-state index contributed by atoms with van der Waals surface area (Å²) in [5.41, 5.74) is 5.91. The summed E-state index contributed by atoms with van der Waals surface area (Å²) in [4.78, 5) is 4.60. The lowest BCUT2D eigenvalue weighted by Crippen LogP contribution is -2.35. The molecule has 4 nitrogen and oxygen atoms in total. The lowest BCUT2D eigenvalue weighted by atomic mass is 10.1. The van der Waals surface area contributed by atoms with E-state index in [1.807, 2.05) is 19.1 Å². The maximum atomic E-state index is 5.91. The first kappa shape index (κ1) is 15.2. The number of hydrogen-bond donors (Lipinski definition) is 1. The van der Waals surface area contributed by atoms with E-state index in [2.05, 4.69) is 30.8 Å². The highest BCUT2D eigenvalue weighted by molar-refractivity contribution is 5.10. The van der Waals surface area contributed by atoms with Crippen LogP contribution >= 0.6 is 0 Å². The smallest absolute Gasteiger partial charge is 0.122 e. The summed E-state index contributed by atoms with van der Waals surface area (Å²) in [6, 6.07) is 4.25. The molecule has 1 rings (SSSR count). The van der Waals surface area contributed by atoms with Gasteiger partial charge in [-0.3, -0.25) is 4.90 Å². The van der Waals surface area contributed by atoms with Gasteiger partial charge in [0, 0.05) is 13.1 Å². The molecule has 104 valence electrons. The first-order valence-electron chi connectivity index (χ1n) is 6.73. The SMILES string of the molecule is CCN(CCCN(C)C)C(CN)c1ccc(C)o1. The predicted octanol–water partition coefficient (Wildman–Crippen LogP) is 1.86. The third kappa shape index (κ3) is 4.44. The molecular formula is C14H27N3O. The molecule has 0 aliphatic heterocycles. The predicted molar refractivity (Wildman–Crippen MR) is 75.7 cm³/mol. The van der Waals surface area contributed by atoms with E-state index in [0.717, 1.165) is 37.6 Å². The van der Waals surface area contributed by atoms with Crippen molar-refractivity contribution in [2.75, 3.05) is 40.3 Å². The highest BCUT2D eigenvalue weighted by Crippen LogP contribution is 2.21. The minimum Gasteiger partial charge on any atom is -0.465 e. The second-order valence-corrected chi connectivity index (χ2v) is 4.99. The van der Waals surface area contributed by atoms with Gasteiger partial charge in [0.2, 0.25) is 0 Å². The fourth-order valence-corrected chi connectivity index (χ4v) is 2.20. The molecule has 18 heavy (non-hydrogen) atoms. The molecule has 0 aliphatic carbocycles. The van der Waals surface area contributed by atoms with Crippen LogP contribution < -0.4 is 5.73 Å². The molecule has 1 aromatic rings. The molecule has 0 amide bonds. The largest absolute Gasteiger partial charge is 0.465 e. The van der Waals surface area contributed by atoms with Crippen LogP contribution in [0.4, 0.5) is 0 Å². The molecule has 0 aliphatic rings. The van der Waals surface area contributed by atoms with Gasteiger partial charge in [-0.05, 0) is 52.7 Å². The first-order valence-corrected chi connectivity index (χ1v) is 6.73. The second kappa shape index (κ2) is 7.56. The zero-order valence-electron chi connectivity index (χ0n) is 12.1. The van der Waals surface area contributed by atoms with Crippen LogP contribution in [0.3, 0.4) is 0 Å². The third-order valence-corrected chi connectivity index (χ3v) is 3.21. The zero-order valence-corrected chi connectivity index (χ0v) is 12.1. The molecule has 1 unspecified atom stereocenters. The Hall–Kier alpha value is -0.840. The van der Waals surface area contributed by atoms with Crippen molar-refractivity contribution in [1.29, 1.82) is 0 Å². The van der Waals surface area contributed by atoms with Crippen molar-refractivity contribution >= 4 is 0 Å². The molecule has 0 saturated heterocycles. The lowest BCUT2D eigenvalue weighted by molar-refractivity contribution is 0.179. The summed E-state index contributed by atoms with van der Waals surface area (Å²) < 4.78 is 5.71. The van der Waals surface area contributed by atoms with Crippen LogP contribution in [0.5, 0.6) is 0 Å². The standard InChI is InChI=1S/C14H27N3O/c1-5-17(10-6-9-16(3)4)13(11-15)14-8-7-12(2)18-14/h7-8,13H,5-6,9-11,15H2,1-4H3. The number of hydrogen-bond acceptors (Lipinski definition) is 4. The van der Waals surface area contributed by atoms with E-state index < -0.39 is 0 Å². The summed E-state index contributed by atoms with van der Waals surface area (Å²) in [5.74, 6) is 1.94. The highest BCUT2D eigenvalue weighted by Gasteiger charge is 2.20. The monoisotopic (exact) mass is 253 g/mol. The number of furan rings is 1. The number of nitrogens with two attached hydrogens (primary N) is 1. The summed E-state index contributed by atoms with van der Waals surface area (Å²) in [5, 5.41) is 0. The van der Waals surface area contributed by atoms with Gasteiger partial charge in [0.1, 0.15) is 11.5 Å². The normalized spacial score (nSPS) is 13.5. The molecule has 0 spiro atoms. The maximum Gasteiger partial charge on any atom is 0.122 e. The van der Waals surface area contributed by atoms with Crippen molar-refractivity contribution in [3.05, 3.63) is 23.7 Å². The Kier molecular flexibility index (Phi) is 6.39. The lowest BCUT2D eigenvalue weighted by Gasteiger charge is -2.28. The topological polar surface area (TPSA) is 45.6 Å².